The molecule has 0 aliphatic heterocycles. The van der Waals surface area contributed by atoms with Gasteiger partial charge in [0.25, 0.3) is 5.91 Å². The third-order valence-electron chi connectivity index (χ3n) is 3.69. The molecule has 0 saturated carbocycles. The number of ether oxygens (including phenoxy) is 1. The van der Waals surface area contributed by atoms with Crippen LogP contribution in [0.3, 0.4) is 0 Å². The lowest BCUT2D eigenvalue weighted by Gasteiger charge is -2.12. The molecule has 0 bridgehead atoms. The van der Waals surface area contributed by atoms with Crippen LogP contribution in [0.4, 0.5) is 16.5 Å². The van der Waals surface area contributed by atoms with Gasteiger partial charge in [0.1, 0.15) is 5.75 Å². The molecule has 3 rings (SSSR count). The number of methoxy groups -OCH3 is 1. The molecule has 10 heteroatoms. The second-order valence-electron chi connectivity index (χ2n) is 5.93. The van der Waals surface area contributed by atoms with E-state index in [2.05, 4.69) is 20.9 Å². The van der Waals surface area contributed by atoms with Crippen LogP contribution < -0.4 is 20.7 Å². The first-order valence-corrected chi connectivity index (χ1v) is 10.3. The fourth-order valence-electron chi connectivity index (χ4n) is 2.45. The Morgan fingerprint density at radius 2 is 1.93 bits per heavy atom. The lowest BCUT2D eigenvalue weighted by molar-refractivity contribution is -0.116. The maximum atomic E-state index is 12.4. The summed E-state index contributed by atoms with van der Waals surface area (Å²) in [7, 11) is 1.49. The number of thiophene rings is 1. The van der Waals surface area contributed by atoms with Crippen molar-refractivity contribution >= 4 is 56.9 Å². The minimum absolute atomic E-state index is 0.0261. The number of nitrogens with one attached hydrogen (secondary N) is 3. The Balaban J connectivity index is 1.63. The van der Waals surface area contributed by atoms with Gasteiger partial charge in [-0.1, -0.05) is 0 Å². The smallest absolute Gasteiger partial charge is 0.258 e. The second-order valence-corrected chi connectivity index (χ2v) is 7.57. The second kappa shape index (κ2) is 9.30. The maximum Gasteiger partial charge on any atom is 0.258 e. The fraction of sp³-hybridized carbons (Fsp3) is 0.158. The third kappa shape index (κ3) is 5.62. The van der Waals surface area contributed by atoms with E-state index in [4.69, 9.17) is 4.74 Å². The van der Waals surface area contributed by atoms with Gasteiger partial charge in [-0.2, -0.15) is 11.3 Å². The van der Waals surface area contributed by atoms with Gasteiger partial charge >= 0.3 is 0 Å². The number of nitrogens with zero attached hydrogens (tertiary/aromatic N) is 1. The number of hydrogen-bond acceptors (Lipinski definition) is 7. The topological polar surface area (TPSA) is 109 Å². The lowest BCUT2D eigenvalue weighted by Crippen LogP contribution is -2.16. The van der Waals surface area contributed by atoms with Gasteiger partial charge in [0.2, 0.25) is 11.8 Å². The van der Waals surface area contributed by atoms with Crippen LogP contribution in [0.15, 0.2) is 40.4 Å². The van der Waals surface area contributed by atoms with Gasteiger partial charge < -0.3 is 15.4 Å². The highest BCUT2D eigenvalue weighted by molar-refractivity contribution is 7.14. The third-order valence-corrected chi connectivity index (χ3v) is 5.18. The van der Waals surface area contributed by atoms with Gasteiger partial charge in [-0.05, 0) is 29.6 Å². The molecular formula is C19H18N4O4S2. The van der Waals surface area contributed by atoms with Crippen molar-refractivity contribution in [3.8, 4) is 5.75 Å². The van der Waals surface area contributed by atoms with E-state index < -0.39 is 0 Å². The minimum Gasteiger partial charge on any atom is -0.495 e. The first-order chi connectivity index (χ1) is 13.9. The largest absolute Gasteiger partial charge is 0.495 e. The molecule has 2 aromatic heterocycles. The zero-order valence-electron chi connectivity index (χ0n) is 15.6. The highest BCUT2D eigenvalue weighted by Crippen LogP contribution is 2.28. The van der Waals surface area contributed by atoms with Crippen LogP contribution >= 0.6 is 22.7 Å². The maximum absolute atomic E-state index is 12.4. The van der Waals surface area contributed by atoms with E-state index in [0.29, 0.717) is 33.5 Å². The highest BCUT2D eigenvalue weighted by atomic mass is 32.1. The van der Waals surface area contributed by atoms with Gasteiger partial charge in [-0.15, -0.1) is 11.3 Å². The molecule has 3 amide bonds. The van der Waals surface area contributed by atoms with E-state index in [1.54, 1.807) is 35.0 Å². The van der Waals surface area contributed by atoms with E-state index in [0.717, 1.165) is 0 Å². The number of thiazole rings is 1. The first-order valence-electron chi connectivity index (χ1n) is 8.48. The molecule has 150 valence electrons. The molecule has 0 aliphatic carbocycles. The summed E-state index contributed by atoms with van der Waals surface area (Å²) >= 11 is 2.68. The molecule has 0 radical (unpaired) electrons. The Bertz CT molecular complexity index is 1030. The molecule has 1 aromatic carbocycles. The van der Waals surface area contributed by atoms with Crippen molar-refractivity contribution in [2.45, 2.75) is 13.3 Å². The molecule has 3 aromatic rings. The Kier molecular flexibility index (Phi) is 6.57. The number of carbonyl (C=O) groups is 3. The van der Waals surface area contributed by atoms with Crippen molar-refractivity contribution in [1.29, 1.82) is 0 Å². The highest BCUT2D eigenvalue weighted by Gasteiger charge is 2.14. The fourth-order valence-corrected chi connectivity index (χ4v) is 3.80. The van der Waals surface area contributed by atoms with E-state index in [-0.39, 0.29) is 24.1 Å². The molecule has 0 spiro atoms. The van der Waals surface area contributed by atoms with Crippen molar-refractivity contribution in [2.75, 3.05) is 23.1 Å². The number of amides is 3. The van der Waals surface area contributed by atoms with E-state index in [9.17, 15) is 14.4 Å². The summed E-state index contributed by atoms with van der Waals surface area (Å²) in [4.78, 5) is 40.0. The summed E-state index contributed by atoms with van der Waals surface area (Å²) in [6.45, 7) is 1.40. The number of hydrogen-bond donors (Lipinski definition) is 3. The van der Waals surface area contributed by atoms with E-state index >= 15 is 0 Å². The molecule has 29 heavy (non-hydrogen) atoms. The van der Waals surface area contributed by atoms with E-state index in [1.807, 2.05) is 5.38 Å². The number of aromatic nitrogens is 1. The van der Waals surface area contributed by atoms with Gasteiger partial charge in [-0.25, -0.2) is 4.98 Å². The van der Waals surface area contributed by atoms with Gasteiger partial charge in [0, 0.05) is 23.4 Å². The predicted octanol–water partition coefficient (Wildman–Crippen LogP) is 3.61. The van der Waals surface area contributed by atoms with Crippen molar-refractivity contribution in [2.24, 2.45) is 0 Å². The molecule has 8 nitrogen and oxygen atoms in total. The van der Waals surface area contributed by atoms with Crippen LogP contribution in [0.1, 0.15) is 23.0 Å². The Labute approximate surface area is 174 Å². The molecular weight excluding hydrogens is 412 g/mol. The number of rotatable bonds is 7. The lowest BCUT2D eigenvalue weighted by atomic mass is 10.2. The molecule has 3 N–H and O–H groups in total. The first kappa shape index (κ1) is 20.5. The number of benzene rings is 1. The van der Waals surface area contributed by atoms with Crippen molar-refractivity contribution in [3.63, 3.8) is 0 Å². The van der Waals surface area contributed by atoms with Crippen LogP contribution in [0.2, 0.25) is 0 Å². The molecule has 2 heterocycles. The Morgan fingerprint density at radius 1 is 1.10 bits per heavy atom. The SMILES string of the molecule is COc1ccc(NC(C)=O)cc1NC(=O)Cc1csc(NC(=O)c2ccsc2)n1. The molecule has 0 unspecified atom stereocenters. The van der Waals surface area contributed by atoms with Crippen LogP contribution in [-0.4, -0.2) is 29.8 Å². The summed E-state index contributed by atoms with van der Waals surface area (Å²) in [5, 5.41) is 13.8. The molecule has 0 fully saturated rings. The monoisotopic (exact) mass is 430 g/mol. The van der Waals surface area contributed by atoms with Crippen LogP contribution in [0.25, 0.3) is 0 Å². The molecule has 0 aliphatic rings. The number of carbonyl (C=O) groups excluding carboxylic acids is 3. The average molecular weight is 431 g/mol. The van der Waals surface area contributed by atoms with Crippen LogP contribution in [0.5, 0.6) is 5.75 Å². The average Bonchev–Trinajstić information content (AvgIpc) is 3.33. The quantitative estimate of drug-likeness (QED) is 0.531. The predicted molar refractivity (Wildman–Crippen MR) is 114 cm³/mol. The summed E-state index contributed by atoms with van der Waals surface area (Å²) in [5.74, 6) is -0.290. The Hall–Kier alpha value is -3.24. The van der Waals surface area contributed by atoms with Crippen molar-refractivity contribution in [3.05, 3.63) is 51.7 Å². The number of anilines is 3. The summed E-state index contributed by atoms with van der Waals surface area (Å²) < 4.78 is 5.25. The van der Waals surface area contributed by atoms with Crippen molar-refractivity contribution < 1.29 is 19.1 Å². The summed E-state index contributed by atoms with van der Waals surface area (Å²) in [6, 6.07) is 6.68. The van der Waals surface area contributed by atoms with Crippen LogP contribution in [-0.2, 0) is 16.0 Å². The zero-order chi connectivity index (χ0) is 20.8. The summed E-state index contributed by atoms with van der Waals surface area (Å²) in [5.41, 5.74) is 2.08. The van der Waals surface area contributed by atoms with Crippen LogP contribution in [0, 0.1) is 0 Å². The summed E-state index contributed by atoms with van der Waals surface area (Å²) in [6.07, 6.45) is 0.0261. The normalized spacial score (nSPS) is 10.3. The van der Waals surface area contributed by atoms with Crippen molar-refractivity contribution in [1.82, 2.24) is 4.98 Å². The zero-order valence-corrected chi connectivity index (χ0v) is 17.3. The van der Waals surface area contributed by atoms with E-state index in [1.165, 1.54) is 36.7 Å². The standard InChI is InChI=1S/C19H18N4O4S2/c1-11(24)20-13-3-4-16(27-2)15(7-13)22-17(25)8-14-10-29-19(21-14)23-18(26)12-5-6-28-9-12/h3-7,9-10H,8H2,1-2H3,(H,20,24)(H,22,25)(H,21,23,26). The van der Waals surface area contributed by atoms with Gasteiger partial charge in [0.15, 0.2) is 5.13 Å². The van der Waals surface area contributed by atoms with Gasteiger partial charge in [0.05, 0.1) is 30.5 Å². The minimum atomic E-state index is -0.302. The Morgan fingerprint density at radius 3 is 2.62 bits per heavy atom. The van der Waals surface area contributed by atoms with Gasteiger partial charge in [-0.3, -0.25) is 19.7 Å². The molecule has 0 atom stereocenters. The molecule has 0 saturated heterocycles.